The monoisotopic (exact) mass is 515 g/mol. The molecule has 5 rings (SSSR count). The molecule has 0 spiro atoms. The molecule has 1 aromatic rings. The van der Waals surface area contributed by atoms with E-state index in [1.165, 1.54) is 0 Å². The minimum absolute atomic E-state index is 0.172. The molecule has 0 unspecified atom stereocenters. The van der Waals surface area contributed by atoms with E-state index in [1.54, 1.807) is 14.2 Å². The molecule has 0 aliphatic carbocycles. The number of methoxy groups -OCH3 is 2. The van der Waals surface area contributed by atoms with Crippen molar-refractivity contribution >= 4 is 26.3 Å². The number of allylic oxidation sites excluding steroid dienone is 1. The van der Waals surface area contributed by atoms with Crippen LogP contribution in [0.5, 0.6) is 11.5 Å². The standard InChI is InChI=1S/C27H37NO7Si/c1-26(2,3)36(27(4,5)6)32-14-19-22(35-36)23-21-20(25(29)34-23)16(28-24(21)33-19)11-9-15-10-12-17(30-7)18(13-15)31-8/h9-13,19-24H,14H2,1-8H3/b11-9+/t19-,20-,21+,22-,23-,24-/m1/s1. The second kappa shape index (κ2) is 8.68. The molecule has 1 aromatic carbocycles. The summed E-state index contributed by atoms with van der Waals surface area (Å²) >= 11 is 0. The number of rotatable bonds is 4. The molecule has 196 valence electrons. The number of carbonyl (C=O) groups excluding carboxylic acids is 1. The molecule has 0 saturated carbocycles. The van der Waals surface area contributed by atoms with Crippen molar-refractivity contribution in [2.75, 3.05) is 20.8 Å². The van der Waals surface area contributed by atoms with Gasteiger partial charge in [-0.15, -0.1) is 0 Å². The van der Waals surface area contributed by atoms with Gasteiger partial charge in [0.2, 0.25) is 0 Å². The largest absolute Gasteiger partial charge is 0.493 e. The van der Waals surface area contributed by atoms with E-state index in [2.05, 4.69) is 41.5 Å². The Morgan fingerprint density at radius 1 is 1.00 bits per heavy atom. The molecule has 4 heterocycles. The third-order valence-electron chi connectivity index (χ3n) is 7.78. The van der Waals surface area contributed by atoms with E-state index in [4.69, 9.17) is 32.8 Å². The van der Waals surface area contributed by atoms with Gasteiger partial charge in [-0.3, -0.25) is 9.79 Å². The SMILES string of the molecule is COc1ccc(/C=C/C2=N[C@@H]3O[C@@H]4CO[Si](C(C)(C)C)(C(C)(C)C)O[C@H]4[C@@H]4OC(=O)[C@H]2[C@@H]43)cc1OC. The maximum absolute atomic E-state index is 13.1. The van der Waals surface area contributed by atoms with Crippen LogP contribution in [0.25, 0.3) is 6.08 Å². The van der Waals surface area contributed by atoms with Crippen molar-refractivity contribution in [2.45, 2.75) is 76.2 Å². The fourth-order valence-electron chi connectivity index (χ4n) is 6.36. The summed E-state index contributed by atoms with van der Waals surface area (Å²) in [6.07, 6.45) is 2.25. The molecule has 4 aliphatic rings. The van der Waals surface area contributed by atoms with Crippen LogP contribution in [0.3, 0.4) is 0 Å². The van der Waals surface area contributed by atoms with Crippen molar-refractivity contribution in [1.29, 1.82) is 0 Å². The van der Waals surface area contributed by atoms with E-state index < -0.39 is 26.8 Å². The van der Waals surface area contributed by atoms with Gasteiger partial charge in [0.15, 0.2) is 17.7 Å². The lowest BCUT2D eigenvalue weighted by Crippen LogP contribution is -2.69. The number of benzene rings is 1. The van der Waals surface area contributed by atoms with Gasteiger partial charge in [0.1, 0.15) is 24.2 Å². The van der Waals surface area contributed by atoms with Gasteiger partial charge >= 0.3 is 14.5 Å². The molecule has 3 fully saturated rings. The fourth-order valence-corrected chi connectivity index (χ4v) is 11.3. The minimum Gasteiger partial charge on any atom is -0.493 e. The molecule has 6 atom stereocenters. The van der Waals surface area contributed by atoms with Crippen molar-refractivity contribution in [3.8, 4) is 11.5 Å². The fraction of sp³-hybridized carbons (Fsp3) is 0.630. The summed E-state index contributed by atoms with van der Waals surface area (Å²) in [7, 11) is 0.468. The van der Waals surface area contributed by atoms with Gasteiger partial charge in [0.05, 0.1) is 32.5 Å². The number of aliphatic imine (C=N–C) groups is 1. The summed E-state index contributed by atoms with van der Waals surface area (Å²) < 4.78 is 36.6. The smallest absolute Gasteiger partial charge is 0.349 e. The minimum atomic E-state index is -2.74. The highest BCUT2D eigenvalue weighted by Gasteiger charge is 2.68. The van der Waals surface area contributed by atoms with Crippen molar-refractivity contribution in [3.63, 3.8) is 0 Å². The number of carbonyl (C=O) groups is 1. The molecule has 3 saturated heterocycles. The predicted octanol–water partition coefficient (Wildman–Crippen LogP) is 4.51. The zero-order valence-corrected chi connectivity index (χ0v) is 23.4. The Bertz CT molecular complexity index is 1090. The van der Waals surface area contributed by atoms with Gasteiger partial charge < -0.3 is 27.8 Å². The molecule has 9 heteroatoms. The molecule has 36 heavy (non-hydrogen) atoms. The summed E-state index contributed by atoms with van der Waals surface area (Å²) in [6.45, 7) is 13.5. The number of ether oxygens (including phenoxy) is 4. The zero-order chi connectivity index (χ0) is 26.0. The first-order valence-corrected chi connectivity index (χ1v) is 14.4. The van der Waals surface area contributed by atoms with Crippen LogP contribution >= 0.6 is 0 Å². The van der Waals surface area contributed by atoms with Crippen LogP contribution in [0, 0.1) is 11.8 Å². The highest BCUT2D eigenvalue weighted by molar-refractivity contribution is 6.73. The van der Waals surface area contributed by atoms with E-state index in [0.29, 0.717) is 23.8 Å². The molecular weight excluding hydrogens is 478 g/mol. The molecular formula is C27H37NO7Si. The van der Waals surface area contributed by atoms with Gasteiger partial charge in [-0.05, 0) is 23.8 Å². The quantitative estimate of drug-likeness (QED) is 0.431. The first kappa shape index (κ1) is 25.4. The van der Waals surface area contributed by atoms with Gasteiger partial charge in [-0.25, -0.2) is 0 Å². The van der Waals surface area contributed by atoms with Crippen LogP contribution in [0.4, 0.5) is 0 Å². The average molecular weight is 516 g/mol. The first-order valence-electron chi connectivity index (χ1n) is 12.6. The molecule has 0 radical (unpaired) electrons. The number of hydrogen-bond donors (Lipinski definition) is 0. The summed E-state index contributed by atoms with van der Waals surface area (Å²) in [4.78, 5) is 17.9. The Morgan fingerprint density at radius 3 is 2.33 bits per heavy atom. The summed E-state index contributed by atoms with van der Waals surface area (Å²) in [5.74, 6) is 0.361. The highest BCUT2D eigenvalue weighted by atomic mass is 28.4. The lowest BCUT2D eigenvalue weighted by atomic mass is 9.83. The molecule has 0 aromatic heterocycles. The van der Waals surface area contributed by atoms with E-state index in [-0.39, 0.29) is 34.2 Å². The lowest BCUT2D eigenvalue weighted by molar-refractivity contribution is -0.214. The number of hydrogen-bond acceptors (Lipinski definition) is 8. The second-order valence-electron chi connectivity index (χ2n) is 12.0. The second-order valence-corrected chi connectivity index (χ2v) is 16.8. The molecule has 0 N–H and O–H groups in total. The Morgan fingerprint density at radius 2 is 1.69 bits per heavy atom. The van der Waals surface area contributed by atoms with Gasteiger partial charge in [-0.1, -0.05) is 53.7 Å². The van der Waals surface area contributed by atoms with E-state index in [9.17, 15) is 4.79 Å². The van der Waals surface area contributed by atoms with Gasteiger partial charge in [0, 0.05) is 10.1 Å². The third-order valence-corrected chi connectivity index (χ3v) is 12.9. The van der Waals surface area contributed by atoms with Crippen LogP contribution in [0.1, 0.15) is 47.1 Å². The maximum atomic E-state index is 13.1. The van der Waals surface area contributed by atoms with Crippen molar-refractivity contribution in [3.05, 3.63) is 29.8 Å². The normalized spacial score (nSPS) is 33.1. The van der Waals surface area contributed by atoms with E-state index >= 15 is 0 Å². The lowest BCUT2D eigenvalue weighted by Gasteiger charge is -2.56. The number of fused-ring (bicyclic) bond motifs is 2. The Hall–Kier alpha value is -2.20. The van der Waals surface area contributed by atoms with Crippen LogP contribution in [0.15, 0.2) is 29.3 Å². The average Bonchev–Trinajstić information content (AvgIpc) is 3.36. The van der Waals surface area contributed by atoms with Gasteiger partial charge in [0.25, 0.3) is 0 Å². The Kier molecular flexibility index (Phi) is 6.14. The summed E-state index contributed by atoms with van der Waals surface area (Å²) in [5, 5.41) is -0.344. The van der Waals surface area contributed by atoms with Crippen molar-refractivity contribution in [2.24, 2.45) is 16.8 Å². The van der Waals surface area contributed by atoms with Crippen LogP contribution in [-0.2, 0) is 23.1 Å². The highest BCUT2D eigenvalue weighted by Crippen LogP contribution is 2.57. The van der Waals surface area contributed by atoms with Crippen LogP contribution in [0.2, 0.25) is 10.1 Å². The molecule has 4 aliphatic heterocycles. The van der Waals surface area contributed by atoms with Crippen LogP contribution < -0.4 is 9.47 Å². The maximum Gasteiger partial charge on any atom is 0.349 e. The van der Waals surface area contributed by atoms with Gasteiger partial charge in [-0.2, -0.15) is 0 Å². The third kappa shape index (κ3) is 3.82. The Labute approximate surface area is 214 Å². The Balaban J connectivity index is 1.41. The van der Waals surface area contributed by atoms with E-state index in [0.717, 1.165) is 5.56 Å². The van der Waals surface area contributed by atoms with Crippen LogP contribution in [-0.4, -0.2) is 65.6 Å². The molecule has 0 bridgehead atoms. The zero-order valence-electron chi connectivity index (χ0n) is 22.4. The summed E-state index contributed by atoms with van der Waals surface area (Å²) in [5.41, 5.74) is 1.58. The first-order chi connectivity index (χ1) is 16.9. The summed E-state index contributed by atoms with van der Waals surface area (Å²) in [6, 6.07) is 5.66. The predicted molar refractivity (Wildman–Crippen MR) is 138 cm³/mol. The van der Waals surface area contributed by atoms with Crippen molar-refractivity contribution < 1.29 is 32.6 Å². The van der Waals surface area contributed by atoms with Crippen molar-refractivity contribution in [1.82, 2.24) is 0 Å². The molecule has 8 nitrogen and oxygen atoms in total. The van der Waals surface area contributed by atoms with E-state index in [1.807, 2.05) is 30.4 Å². The number of esters is 1. The molecule has 0 amide bonds. The number of nitrogens with zero attached hydrogens (tertiary/aromatic N) is 1. The topological polar surface area (TPSA) is 84.8 Å².